The Morgan fingerprint density at radius 1 is 1.24 bits per heavy atom. The Balaban J connectivity index is 2.30. The molecular weight excluding hydrogens is 377 g/mol. The Morgan fingerprint density at radius 2 is 1.81 bits per heavy atom. The maximum Gasteiger partial charge on any atom is 0.260 e. The van der Waals surface area contributed by atoms with Crippen molar-refractivity contribution in [2.45, 2.75) is 45.8 Å². The van der Waals surface area contributed by atoms with Crippen LogP contribution in [0.4, 0.5) is 0 Å². The van der Waals surface area contributed by atoms with Gasteiger partial charge in [0.25, 0.3) is 6.29 Å². The van der Waals surface area contributed by atoms with Crippen LogP contribution in [0.2, 0.25) is 0 Å². The van der Waals surface area contributed by atoms with Gasteiger partial charge in [0.05, 0.1) is 6.07 Å². The molecule has 0 radical (unpaired) electrons. The summed E-state index contributed by atoms with van der Waals surface area (Å²) in [6, 6.07) is 10.2. The summed E-state index contributed by atoms with van der Waals surface area (Å²) in [5.74, 6) is 1.79. The lowest BCUT2D eigenvalue weighted by molar-refractivity contribution is -0.0728. The molecule has 1 atom stereocenters. The molecule has 1 aliphatic heterocycles. The number of rotatable bonds is 7. The molecule has 0 aliphatic carbocycles. The summed E-state index contributed by atoms with van der Waals surface area (Å²) in [7, 11) is 0. The van der Waals surface area contributed by atoms with E-state index in [0.717, 1.165) is 41.6 Å². The first-order valence-corrected chi connectivity index (χ1v) is 9.14. The predicted molar refractivity (Wildman–Crippen MR) is 91.7 cm³/mol. The normalized spacial score (nSPS) is 16.7. The van der Waals surface area contributed by atoms with E-state index in [-0.39, 0.29) is 5.92 Å². The standard InChI is InChI=1S/C17H22INO2/c1-3-13(4-2)17(12-19,10-7-11-18)16-20-14-8-5-6-9-15(14)21-16/h5-6,8-9,13,16H,3-4,7,10-11H2,1-2H3. The number of para-hydroxylation sites is 2. The molecule has 2 rings (SSSR count). The second-order valence-corrected chi connectivity index (χ2v) is 6.55. The zero-order valence-electron chi connectivity index (χ0n) is 12.6. The zero-order chi connectivity index (χ0) is 15.3. The van der Waals surface area contributed by atoms with E-state index >= 15 is 0 Å². The minimum atomic E-state index is -0.576. The lowest BCUT2D eigenvalue weighted by atomic mass is 9.70. The van der Waals surface area contributed by atoms with Crippen molar-refractivity contribution in [1.82, 2.24) is 0 Å². The van der Waals surface area contributed by atoms with Gasteiger partial charge in [-0.2, -0.15) is 5.26 Å². The van der Waals surface area contributed by atoms with Crippen molar-refractivity contribution in [2.75, 3.05) is 4.43 Å². The molecule has 0 fully saturated rings. The minimum Gasteiger partial charge on any atom is -0.449 e. The summed E-state index contributed by atoms with van der Waals surface area (Å²) in [5, 5.41) is 9.96. The lowest BCUT2D eigenvalue weighted by Crippen LogP contribution is -2.45. The third-order valence-electron chi connectivity index (χ3n) is 4.38. The SMILES string of the molecule is CCC(CC)C(C#N)(CCCI)C1Oc2ccccc2O1. The molecule has 0 saturated heterocycles. The fraction of sp³-hybridized carbons (Fsp3) is 0.588. The third kappa shape index (κ3) is 3.13. The van der Waals surface area contributed by atoms with Crippen molar-refractivity contribution in [3.05, 3.63) is 24.3 Å². The molecule has 3 nitrogen and oxygen atoms in total. The molecule has 0 amide bonds. The molecule has 1 heterocycles. The van der Waals surface area contributed by atoms with Crippen LogP contribution in [0.25, 0.3) is 0 Å². The molecule has 1 unspecified atom stereocenters. The van der Waals surface area contributed by atoms with Crippen LogP contribution < -0.4 is 9.47 Å². The van der Waals surface area contributed by atoms with Gasteiger partial charge in [-0.1, -0.05) is 61.4 Å². The van der Waals surface area contributed by atoms with E-state index in [1.54, 1.807) is 0 Å². The summed E-state index contributed by atoms with van der Waals surface area (Å²) >= 11 is 2.36. The van der Waals surface area contributed by atoms with Gasteiger partial charge in [-0.25, -0.2) is 0 Å². The Hall–Kier alpha value is -0.960. The van der Waals surface area contributed by atoms with Gasteiger partial charge in [0.2, 0.25) is 0 Å². The highest BCUT2D eigenvalue weighted by molar-refractivity contribution is 14.1. The van der Waals surface area contributed by atoms with Crippen LogP contribution in [0, 0.1) is 22.7 Å². The number of ether oxygens (including phenoxy) is 2. The van der Waals surface area contributed by atoms with E-state index in [1.807, 2.05) is 24.3 Å². The fourth-order valence-electron chi connectivity index (χ4n) is 3.20. The summed E-state index contributed by atoms with van der Waals surface area (Å²) in [4.78, 5) is 0. The van der Waals surface area contributed by atoms with Crippen LogP contribution in [0.5, 0.6) is 11.5 Å². The molecule has 1 aliphatic rings. The minimum absolute atomic E-state index is 0.282. The number of alkyl halides is 1. The Morgan fingerprint density at radius 3 is 2.24 bits per heavy atom. The van der Waals surface area contributed by atoms with Crippen LogP contribution in [-0.2, 0) is 0 Å². The molecule has 4 heteroatoms. The van der Waals surface area contributed by atoms with Gasteiger partial charge in [0, 0.05) is 0 Å². The Labute approximate surface area is 140 Å². The van der Waals surface area contributed by atoms with E-state index in [0.29, 0.717) is 0 Å². The van der Waals surface area contributed by atoms with E-state index in [4.69, 9.17) is 9.47 Å². The fourth-order valence-corrected chi connectivity index (χ4v) is 3.58. The topological polar surface area (TPSA) is 42.2 Å². The quantitative estimate of drug-likeness (QED) is 0.482. The molecule has 114 valence electrons. The van der Waals surface area contributed by atoms with Crippen molar-refractivity contribution in [3.8, 4) is 17.6 Å². The summed E-state index contributed by atoms with van der Waals surface area (Å²) in [5.41, 5.74) is -0.576. The Kier molecular flexibility index (Phi) is 5.74. The van der Waals surface area contributed by atoms with Gasteiger partial charge >= 0.3 is 0 Å². The van der Waals surface area contributed by atoms with Crippen LogP contribution in [-0.4, -0.2) is 10.7 Å². The second kappa shape index (κ2) is 7.35. The average molecular weight is 399 g/mol. The number of hydrogen-bond donors (Lipinski definition) is 0. The van der Waals surface area contributed by atoms with Crippen LogP contribution in [0.15, 0.2) is 24.3 Å². The highest BCUT2D eigenvalue weighted by Gasteiger charge is 2.50. The third-order valence-corrected chi connectivity index (χ3v) is 5.15. The molecule has 0 saturated carbocycles. The van der Waals surface area contributed by atoms with Crippen LogP contribution >= 0.6 is 22.6 Å². The maximum absolute atomic E-state index is 9.96. The van der Waals surface area contributed by atoms with Crippen molar-refractivity contribution < 1.29 is 9.47 Å². The molecule has 0 N–H and O–H groups in total. The summed E-state index contributed by atoms with van der Waals surface area (Å²) in [6.07, 6.45) is 3.25. The molecular formula is C17H22INO2. The monoisotopic (exact) mass is 399 g/mol. The highest BCUT2D eigenvalue weighted by Crippen LogP contribution is 2.47. The van der Waals surface area contributed by atoms with E-state index < -0.39 is 11.7 Å². The number of nitrogens with zero attached hydrogens (tertiary/aromatic N) is 1. The predicted octanol–water partition coefficient (Wildman–Crippen LogP) is 4.95. The van der Waals surface area contributed by atoms with Gasteiger partial charge < -0.3 is 9.47 Å². The van der Waals surface area contributed by atoms with Crippen LogP contribution in [0.3, 0.4) is 0 Å². The Bertz CT molecular complexity index is 485. The van der Waals surface area contributed by atoms with Crippen molar-refractivity contribution >= 4 is 22.6 Å². The molecule has 1 aromatic carbocycles. The van der Waals surface area contributed by atoms with E-state index in [1.165, 1.54) is 0 Å². The summed E-state index contributed by atoms with van der Waals surface area (Å²) in [6.45, 7) is 4.29. The number of halogens is 1. The largest absolute Gasteiger partial charge is 0.449 e. The molecule has 0 aromatic heterocycles. The second-order valence-electron chi connectivity index (χ2n) is 5.47. The van der Waals surface area contributed by atoms with E-state index in [9.17, 15) is 5.26 Å². The zero-order valence-corrected chi connectivity index (χ0v) is 14.8. The first-order valence-electron chi connectivity index (χ1n) is 7.61. The molecule has 0 bridgehead atoms. The van der Waals surface area contributed by atoms with Gasteiger partial charge in [-0.3, -0.25) is 0 Å². The van der Waals surface area contributed by atoms with Crippen molar-refractivity contribution in [1.29, 1.82) is 5.26 Å². The first kappa shape index (κ1) is 16.4. The maximum atomic E-state index is 9.96. The molecule has 21 heavy (non-hydrogen) atoms. The molecule has 1 aromatic rings. The number of nitriles is 1. The van der Waals surface area contributed by atoms with Crippen LogP contribution in [0.1, 0.15) is 39.5 Å². The van der Waals surface area contributed by atoms with Gasteiger partial charge in [0.1, 0.15) is 5.41 Å². The lowest BCUT2D eigenvalue weighted by Gasteiger charge is -2.37. The van der Waals surface area contributed by atoms with Gasteiger partial charge in [-0.05, 0) is 35.3 Å². The number of fused-ring (bicyclic) bond motifs is 1. The highest BCUT2D eigenvalue weighted by atomic mass is 127. The summed E-state index contributed by atoms with van der Waals surface area (Å²) < 4.78 is 13.0. The number of hydrogen-bond acceptors (Lipinski definition) is 3. The molecule has 0 spiro atoms. The first-order chi connectivity index (χ1) is 10.2. The van der Waals surface area contributed by atoms with Crippen molar-refractivity contribution in [2.24, 2.45) is 11.3 Å². The van der Waals surface area contributed by atoms with Crippen molar-refractivity contribution in [3.63, 3.8) is 0 Å². The van der Waals surface area contributed by atoms with Gasteiger partial charge in [0.15, 0.2) is 11.5 Å². The number of benzene rings is 1. The van der Waals surface area contributed by atoms with Gasteiger partial charge in [-0.15, -0.1) is 0 Å². The van der Waals surface area contributed by atoms with E-state index in [2.05, 4.69) is 42.5 Å². The average Bonchev–Trinajstić information content (AvgIpc) is 2.96. The smallest absolute Gasteiger partial charge is 0.260 e.